The number of benzene rings is 1. The first-order chi connectivity index (χ1) is 14.7. The molecule has 0 fully saturated rings. The fraction of sp³-hybridized carbons (Fsp3) is 0.571. The van der Waals surface area contributed by atoms with E-state index in [9.17, 15) is 27.7 Å². The third kappa shape index (κ3) is 12.2. The molecule has 0 aliphatic heterocycles. The molecular weight excluding hydrogens is 495 g/mol. The Kier molecular flexibility index (Phi) is 14.0. The molecule has 0 spiro atoms. The minimum atomic E-state index is -4.43. The van der Waals surface area contributed by atoms with E-state index in [1.807, 2.05) is 13.8 Å². The number of para-hydroxylation sites is 2. The molecule has 0 heterocycles. The van der Waals surface area contributed by atoms with Crippen LogP contribution >= 0.6 is 11.8 Å². The van der Waals surface area contributed by atoms with Gasteiger partial charge in [0, 0.05) is 16.9 Å². The van der Waals surface area contributed by atoms with Gasteiger partial charge in [-0.3, -0.25) is 19.1 Å². The van der Waals surface area contributed by atoms with Crippen molar-refractivity contribution in [2.24, 2.45) is 4.99 Å². The van der Waals surface area contributed by atoms with Crippen molar-refractivity contribution < 1.29 is 83.8 Å². The molecule has 0 saturated heterocycles. The van der Waals surface area contributed by atoms with Gasteiger partial charge in [-0.2, -0.15) is 20.2 Å². The van der Waals surface area contributed by atoms with Crippen LogP contribution in [0.15, 0.2) is 29.3 Å². The van der Waals surface area contributed by atoms with E-state index >= 15 is 0 Å². The number of rotatable bonds is 12. The molecule has 1 aromatic carbocycles. The average Bonchev–Trinajstić information content (AvgIpc) is 2.61. The van der Waals surface area contributed by atoms with Gasteiger partial charge in [0.15, 0.2) is 0 Å². The van der Waals surface area contributed by atoms with E-state index in [1.54, 1.807) is 31.2 Å². The summed E-state index contributed by atoms with van der Waals surface area (Å²) in [6.45, 7) is 8.30. The predicted octanol–water partition coefficient (Wildman–Crippen LogP) is -0.0690. The van der Waals surface area contributed by atoms with E-state index in [0.717, 1.165) is 0 Å². The number of anilines is 1. The van der Waals surface area contributed by atoms with E-state index in [-0.39, 0.29) is 81.6 Å². The van der Waals surface area contributed by atoms with Crippen LogP contribution in [0.5, 0.6) is 0 Å². The molecule has 0 radical (unpaired) electrons. The minimum absolute atomic E-state index is 0. The van der Waals surface area contributed by atoms with Crippen LogP contribution in [0.3, 0.4) is 0 Å². The maximum Gasteiger partial charge on any atom is 1.00 e. The normalized spacial score (nSPS) is 12.6. The van der Waals surface area contributed by atoms with Crippen molar-refractivity contribution in [3.05, 3.63) is 24.3 Å². The Morgan fingerprint density at radius 1 is 1.18 bits per heavy atom. The van der Waals surface area contributed by atoms with Gasteiger partial charge in [0.2, 0.25) is 5.91 Å². The van der Waals surface area contributed by atoms with Crippen LogP contribution in [0.4, 0.5) is 11.4 Å². The number of ether oxygens (including phenoxy) is 1. The quantitative estimate of drug-likeness (QED) is 0.127. The summed E-state index contributed by atoms with van der Waals surface area (Å²) in [4.78, 5) is 27.9. The summed E-state index contributed by atoms with van der Waals surface area (Å²) in [5.74, 6) is -0.820. The van der Waals surface area contributed by atoms with Crippen molar-refractivity contribution in [1.82, 2.24) is 0 Å². The van der Waals surface area contributed by atoms with Crippen molar-refractivity contribution in [2.75, 3.05) is 17.7 Å². The second-order valence-corrected chi connectivity index (χ2v) is 12.2. The topological polar surface area (TPSA) is 145 Å². The molecular formula is C21H31KN2O7S2. The van der Waals surface area contributed by atoms with Gasteiger partial charge >= 0.3 is 57.4 Å². The number of hydrogen-bond acceptors (Lipinski definition) is 8. The van der Waals surface area contributed by atoms with Crippen LogP contribution in [-0.4, -0.2) is 52.6 Å². The number of esters is 1. The van der Waals surface area contributed by atoms with Crippen molar-refractivity contribution in [2.45, 2.75) is 63.4 Å². The summed E-state index contributed by atoms with van der Waals surface area (Å²) in [6.07, 6.45) is -0.112. The van der Waals surface area contributed by atoms with Crippen molar-refractivity contribution in [1.29, 1.82) is 0 Å². The Balaban J connectivity index is 0.0000102. The summed E-state index contributed by atoms with van der Waals surface area (Å²) in [6, 6.07) is 6.40. The Hall–Kier alpha value is -0.474. The monoisotopic (exact) mass is 526 g/mol. The zero-order valence-corrected chi connectivity index (χ0v) is 24.8. The molecule has 33 heavy (non-hydrogen) atoms. The molecule has 1 rings (SSSR count). The number of nitrogens with zero attached hydrogens (tertiary/aromatic N) is 1. The standard InChI is InChI=1S/C21H32N2O7S2.K/c1-6-30-19(26)11-12-31-20(2,3)13-17(24)22-15-9-7-8-10-16(15)23-18(25)14-21(4,5)32(27,28)29;/h7-10H,6,11-14H2,1-5H3,(H,22,24)(H,23,25)(H,27,28,29);/q;+1/p-1. The van der Waals surface area contributed by atoms with Crippen LogP contribution in [0.2, 0.25) is 0 Å². The molecule has 0 aliphatic rings. The molecule has 1 amide bonds. The average molecular weight is 527 g/mol. The third-order valence-electron chi connectivity index (χ3n) is 4.39. The maximum atomic E-state index is 12.5. The van der Waals surface area contributed by atoms with Gasteiger partial charge in [0.1, 0.15) is 4.75 Å². The first-order valence-electron chi connectivity index (χ1n) is 10.1. The predicted molar refractivity (Wildman–Crippen MR) is 125 cm³/mol. The summed E-state index contributed by atoms with van der Waals surface area (Å²) < 4.78 is 34.9. The molecule has 180 valence electrons. The molecule has 9 nitrogen and oxygen atoms in total. The molecule has 0 saturated carbocycles. The molecule has 0 bridgehead atoms. The first kappa shape index (κ1) is 32.5. The van der Waals surface area contributed by atoms with Gasteiger partial charge in [0.05, 0.1) is 24.4 Å². The fourth-order valence-electron chi connectivity index (χ4n) is 2.58. The smallest absolute Gasteiger partial charge is 0.862 e. The van der Waals surface area contributed by atoms with E-state index in [1.165, 1.54) is 25.6 Å². The van der Waals surface area contributed by atoms with Crippen LogP contribution in [0.25, 0.3) is 0 Å². The number of carbonyl (C=O) groups is 2. The second kappa shape index (κ2) is 14.2. The minimum Gasteiger partial charge on any atom is -0.862 e. The summed E-state index contributed by atoms with van der Waals surface area (Å²) >= 11 is 1.46. The van der Waals surface area contributed by atoms with Gasteiger partial charge in [-0.25, -0.2) is 0 Å². The molecule has 12 heteroatoms. The third-order valence-corrected chi connectivity index (χ3v) is 7.26. The Morgan fingerprint density at radius 3 is 2.36 bits per heavy atom. The van der Waals surface area contributed by atoms with Crippen molar-refractivity contribution >= 4 is 51.0 Å². The largest absolute Gasteiger partial charge is 1.00 e. The van der Waals surface area contributed by atoms with E-state index in [2.05, 4.69) is 10.3 Å². The van der Waals surface area contributed by atoms with E-state index in [0.29, 0.717) is 12.4 Å². The molecule has 0 aromatic heterocycles. The molecule has 2 N–H and O–H groups in total. The van der Waals surface area contributed by atoms with Gasteiger partial charge in [-0.15, -0.1) is 0 Å². The summed E-state index contributed by atoms with van der Waals surface area (Å²) in [5, 5.41) is 15.1. The second-order valence-electron chi connectivity index (χ2n) is 8.32. The Labute approximate surface area is 242 Å². The van der Waals surface area contributed by atoms with Crippen LogP contribution in [0.1, 0.15) is 53.9 Å². The number of carbonyl (C=O) groups excluding carboxylic acids is 2. The Bertz CT molecular complexity index is 948. The van der Waals surface area contributed by atoms with Crippen LogP contribution < -0.4 is 61.8 Å². The molecule has 0 unspecified atom stereocenters. The number of amides is 1. The molecule has 1 aromatic rings. The Morgan fingerprint density at radius 2 is 1.79 bits per heavy atom. The van der Waals surface area contributed by atoms with Gasteiger partial charge in [-0.1, -0.05) is 26.0 Å². The first-order valence-corrected chi connectivity index (χ1v) is 12.5. The van der Waals surface area contributed by atoms with E-state index in [4.69, 9.17) is 4.74 Å². The van der Waals surface area contributed by atoms with Crippen LogP contribution in [-0.2, 0) is 24.4 Å². The summed E-state index contributed by atoms with van der Waals surface area (Å²) in [5.41, 5.74) is 0.493. The molecule has 0 atom stereocenters. The van der Waals surface area contributed by atoms with E-state index < -0.39 is 37.8 Å². The van der Waals surface area contributed by atoms with Gasteiger partial charge < -0.3 is 15.2 Å². The van der Waals surface area contributed by atoms with Crippen molar-refractivity contribution in [3.8, 4) is 0 Å². The fourth-order valence-corrected chi connectivity index (χ4v) is 3.94. The zero-order valence-electron chi connectivity index (χ0n) is 20.0. The SMILES string of the molecule is CCOC(=O)CCSC(C)(C)CC([O-])=Nc1ccccc1NC(=O)CC(C)(C)S(=O)(=O)O.[K+]. The van der Waals surface area contributed by atoms with Crippen molar-refractivity contribution in [3.63, 3.8) is 0 Å². The van der Waals surface area contributed by atoms with Gasteiger partial charge in [-0.05, 0) is 45.2 Å². The number of thioether (sulfide) groups is 1. The van der Waals surface area contributed by atoms with Crippen LogP contribution in [0, 0.1) is 0 Å². The number of nitrogens with one attached hydrogen (secondary N) is 1. The summed E-state index contributed by atoms with van der Waals surface area (Å²) in [7, 11) is -4.43. The number of hydrogen-bond donors (Lipinski definition) is 2. The maximum absolute atomic E-state index is 12.5. The zero-order chi connectivity index (χ0) is 24.6. The molecule has 0 aliphatic carbocycles. The number of aliphatic imine (C=N–C) groups is 1. The van der Waals surface area contributed by atoms with Gasteiger partial charge in [0.25, 0.3) is 10.1 Å².